The van der Waals surface area contributed by atoms with Gasteiger partial charge in [-0.2, -0.15) is 0 Å². The summed E-state index contributed by atoms with van der Waals surface area (Å²) in [5.41, 5.74) is 1.84. The van der Waals surface area contributed by atoms with Crippen molar-refractivity contribution in [1.29, 1.82) is 0 Å². The van der Waals surface area contributed by atoms with E-state index in [1.807, 2.05) is 31.2 Å². The lowest BCUT2D eigenvalue weighted by atomic mass is 10.1. The summed E-state index contributed by atoms with van der Waals surface area (Å²) in [7, 11) is -3.85. The first-order valence-corrected chi connectivity index (χ1v) is 10.2. The van der Waals surface area contributed by atoms with Crippen molar-refractivity contribution < 1.29 is 17.6 Å². The van der Waals surface area contributed by atoms with Gasteiger partial charge < -0.3 is 5.32 Å². The van der Waals surface area contributed by atoms with E-state index in [-0.39, 0.29) is 18.7 Å². The van der Waals surface area contributed by atoms with Gasteiger partial charge >= 0.3 is 0 Å². The number of benzene rings is 2. The molecule has 1 atom stereocenters. The zero-order chi connectivity index (χ0) is 19.3. The highest BCUT2D eigenvalue weighted by Gasteiger charge is 2.32. The fraction of sp³-hybridized carbons (Fsp3) is 0.316. The van der Waals surface area contributed by atoms with E-state index in [1.165, 1.54) is 24.3 Å². The number of aryl methyl sites for hydroxylation is 1. The molecule has 0 bridgehead atoms. The minimum Gasteiger partial charge on any atom is -0.350 e. The van der Waals surface area contributed by atoms with Crippen molar-refractivity contribution in [2.75, 3.05) is 10.6 Å². The maximum Gasteiger partial charge on any atom is 0.244 e. The molecule has 2 rings (SSSR count). The first kappa shape index (κ1) is 19.9. The van der Waals surface area contributed by atoms with E-state index >= 15 is 0 Å². The van der Waals surface area contributed by atoms with Crippen molar-refractivity contribution in [3.8, 4) is 0 Å². The second-order valence-electron chi connectivity index (χ2n) is 6.14. The molecule has 0 spiro atoms. The zero-order valence-corrected chi connectivity index (χ0v) is 15.9. The molecule has 0 saturated carbocycles. The number of nitrogens with zero attached hydrogens (tertiary/aromatic N) is 1. The Balaban J connectivity index is 2.27. The number of anilines is 1. The SMILES string of the molecule is CCC(C(=O)NCc1cccc(C)c1)N(c1ccccc1F)S(C)(=O)=O. The molecule has 0 saturated heterocycles. The van der Waals surface area contributed by atoms with Gasteiger partial charge in [0.1, 0.15) is 11.9 Å². The van der Waals surface area contributed by atoms with Crippen molar-refractivity contribution in [2.45, 2.75) is 32.9 Å². The minimum atomic E-state index is -3.85. The molecule has 2 aromatic carbocycles. The highest BCUT2D eigenvalue weighted by Crippen LogP contribution is 2.25. The van der Waals surface area contributed by atoms with Gasteiger partial charge in [-0.3, -0.25) is 9.10 Å². The molecule has 0 fully saturated rings. The summed E-state index contributed by atoms with van der Waals surface area (Å²) < 4.78 is 39.6. The van der Waals surface area contributed by atoms with E-state index in [4.69, 9.17) is 0 Å². The number of amides is 1. The van der Waals surface area contributed by atoms with Crippen LogP contribution in [0, 0.1) is 12.7 Å². The summed E-state index contributed by atoms with van der Waals surface area (Å²) in [6.07, 6.45) is 1.18. The monoisotopic (exact) mass is 378 g/mol. The van der Waals surface area contributed by atoms with Gasteiger partial charge in [0.05, 0.1) is 11.9 Å². The normalized spacial score (nSPS) is 12.5. The quantitative estimate of drug-likeness (QED) is 0.805. The molecule has 0 aliphatic heterocycles. The predicted octanol–water partition coefficient (Wildman–Crippen LogP) is 3.00. The Morgan fingerprint density at radius 2 is 1.88 bits per heavy atom. The zero-order valence-electron chi connectivity index (χ0n) is 15.1. The van der Waals surface area contributed by atoms with Gasteiger partial charge in [0, 0.05) is 6.54 Å². The number of hydrogen-bond acceptors (Lipinski definition) is 3. The number of rotatable bonds is 7. The van der Waals surface area contributed by atoms with Crippen LogP contribution in [-0.4, -0.2) is 26.6 Å². The summed E-state index contributed by atoms with van der Waals surface area (Å²) >= 11 is 0. The molecule has 2 aromatic rings. The van der Waals surface area contributed by atoms with Gasteiger partial charge in [-0.25, -0.2) is 12.8 Å². The number of carbonyl (C=O) groups is 1. The molecule has 1 amide bonds. The Hall–Kier alpha value is -2.41. The first-order valence-electron chi connectivity index (χ1n) is 8.31. The second kappa shape index (κ2) is 8.31. The Morgan fingerprint density at radius 3 is 2.46 bits per heavy atom. The van der Waals surface area contributed by atoms with Crippen LogP contribution in [0.2, 0.25) is 0 Å². The Bertz CT molecular complexity index is 884. The second-order valence-corrected chi connectivity index (χ2v) is 8.00. The van der Waals surface area contributed by atoms with Gasteiger partial charge in [0.15, 0.2) is 0 Å². The van der Waals surface area contributed by atoms with Crippen LogP contribution >= 0.6 is 0 Å². The molecule has 7 heteroatoms. The molecule has 0 heterocycles. The Labute approximate surface area is 153 Å². The molecule has 1 unspecified atom stereocenters. The van der Waals surface area contributed by atoms with Gasteiger partial charge in [-0.15, -0.1) is 0 Å². The van der Waals surface area contributed by atoms with E-state index < -0.39 is 27.8 Å². The Kier molecular flexibility index (Phi) is 6.37. The van der Waals surface area contributed by atoms with Gasteiger partial charge in [-0.05, 0) is 31.0 Å². The lowest BCUT2D eigenvalue weighted by molar-refractivity contribution is -0.122. The van der Waals surface area contributed by atoms with Crippen LogP contribution in [0.3, 0.4) is 0 Å². The summed E-state index contributed by atoms with van der Waals surface area (Å²) in [5.74, 6) is -1.16. The van der Waals surface area contributed by atoms with Gasteiger partial charge in [-0.1, -0.05) is 48.9 Å². The first-order chi connectivity index (χ1) is 12.2. The summed E-state index contributed by atoms with van der Waals surface area (Å²) in [4.78, 5) is 12.7. The van der Waals surface area contributed by atoms with E-state index in [2.05, 4.69) is 5.32 Å². The van der Waals surface area contributed by atoms with E-state index in [0.29, 0.717) is 0 Å². The molecule has 0 aromatic heterocycles. The fourth-order valence-corrected chi connectivity index (χ4v) is 4.01. The third-order valence-corrected chi connectivity index (χ3v) is 5.13. The molecule has 1 N–H and O–H groups in total. The molecule has 0 radical (unpaired) electrons. The van der Waals surface area contributed by atoms with E-state index in [0.717, 1.165) is 21.7 Å². The van der Waals surface area contributed by atoms with Crippen LogP contribution in [0.4, 0.5) is 10.1 Å². The fourth-order valence-electron chi connectivity index (χ4n) is 2.79. The largest absolute Gasteiger partial charge is 0.350 e. The molecule has 26 heavy (non-hydrogen) atoms. The number of carbonyl (C=O) groups excluding carboxylic acids is 1. The highest BCUT2D eigenvalue weighted by atomic mass is 32.2. The third kappa shape index (κ3) is 4.82. The van der Waals surface area contributed by atoms with Crippen LogP contribution in [0.5, 0.6) is 0 Å². The molecule has 0 aliphatic rings. The number of sulfonamides is 1. The molecule has 5 nitrogen and oxygen atoms in total. The maximum atomic E-state index is 14.2. The van der Waals surface area contributed by atoms with Crippen molar-refractivity contribution in [3.63, 3.8) is 0 Å². The van der Waals surface area contributed by atoms with E-state index in [1.54, 1.807) is 6.92 Å². The van der Waals surface area contributed by atoms with Gasteiger partial charge in [0.25, 0.3) is 0 Å². The number of hydrogen-bond donors (Lipinski definition) is 1. The number of halogens is 1. The van der Waals surface area contributed by atoms with Crippen molar-refractivity contribution in [1.82, 2.24) is 5.32 Å². The van der Waals surface area contributed by atoms with Crippen molar-refractivity contribution >= 4 is 21.6 Å². The molecule has 0 aliphatic carbocycles. The van der Waals surface area contributed by atoms with Crippen LogP contribution < -0.4 is 9.62 Å². The maximum absolute atomic E-state index is 14.2. The lowest BCUT2D eigenvalue weighted by Gasteiger charge is -2.30. The molecular formula is C19H23FN2O3S. The van der Waals surface area contributed by atoms with Crippen molar-refractivity contribution in [3.05, 3.63) is 65.5 Å². The summed E-state index contributed by atoms with van der Waals surface area (Å²) in [6.45, 7) is 3.91. The average molecular weight is 378 g/mol. The number of para-hydroxylation sites is 1. The molecular weight excluding hydrogens is 355 g/mol. The standard InChI is InChI=1S/C19H23FN2O3S/c1-4-17(19(23)21-13-15-9-7-8-14(2)12-15)22(26(3,24)25)18-11-6-5-10-16(18)20/h5-12,17H,4,13H2,1-3H3,(H,21,23). The summed E-state index contributed by atoms with van der Waals surface area (Å²) in [6, 6.07) is 12.1. The average Bonchev–Trinajstić information content (AvgIpc) is 2.57. The third-order valence-electron chi connectivity index (χ3n) is 3.97. The highest BCUT2D eigenvalue weighted by molar-refractivity contribution is 7.92. The smallest absolute Gasteiger partial charge is 0.244 e. The topological polar surface area (TPSA) is 66.5 Å². The van der Waals surface area contributed by atoms with Crippen LogP contribution in [0.25, 0.3) is 0 Å². The number of nitrogens with one attached hydrogen (secondary N) is 1. The van der Waals surface area contributed by atoms with E-state index in [9.17, 15) is 17.6 Å². The van der Waals surface area contributed by atoms with Crippen LogP contribution in [-0.2, 0) is 21.4 Å². The van der Waals surface area contributed by atoms with Crippen LogP contribution in [0.15, 0.2) is 48.5 Å². The minimum absolute atomic E-state index is 0.132. The summed E-state index contributed by atoms with van der Waals surface area (Å²) in [5, 5.41) is 2.75. The van der Waals surface area contributed by atoms with Crippen molar-refractivity contribution in [2.24, 2.45) is 0 Å². The molecule has 140 valence electrons. The lowest BCUT2D eigenvalue weighted by Crippen LogP contribution is -2.49. The van der Waals surface area contributed by atoms with Crippen LogP contribution in [0.1, 0.15) is 24.5 Å². The predicted molar refractivity (Wildman–Crippen MR) is 101 cm³/mol. The van der Waals surface area contributed by atoms with Gasteiger partial charge in [0.2, 0.25) is 15.9 Å². The Morgan fingerprint density at radius 1 is 1.19 bits per heavy atom.